The molecule has 2 nitrogen and oxygen atoms in total. The Kier molecular flexibility index (Phi) is 3.07. The Morgan fingerprint density at radius 2 is 2.23 bits per heavy atom. The smallest absolute Gasteiger partial charge is 0.161 e. The zero-order valence-corrected chi connectivity index (χ0v) is 9.11. The van der Waals surface area contributed by atoms with Gasteiger partial charge in [-0.25, -0.2) is 0 Å². The van der Waals surface area contributed by atoms with E-state index in [1.165, 1.54) is 6.92 Å². The number of Topliss-reactive ketones (excluding diaryl/α,β-unsaturated/α-hetero) is 1. The van der Waals surface area contributed by atoms with Crippen molar-refractivity contribution in [1.29, 1.82) is 5.26 Å². The van der Waals surface area contributed by atoms with Gasteiger partial charge in [-0.15, -0.1) is 0 Å². The lowest BCUT2D eigenvalue weighted by molar-refractivity contribution is 0.101. The van der Waals surface area contributed by atoms with Crippen molar-refractivity contribution in [2.45, 2.75) is 6.92 Å². The minimum atomic E-state index is -0.161. The summed E-state index contributed by atoms with van der Waals surface area (Å²) in [6.45, 7) is 1.40. The van der Waals surface area contributed by atoms with E-state index in [9.17, 15) is 4.79 Å². The van der Waals surface area contributed by atoms with Crippen LogP contribution in [0, 0.1) is 11.3 Å². The van der Waals surface area contributed by atoms with E-state index in [-0.39, 0.29) is 16.4 Å². The molecule has 0 aliphatic heterocycles. The van der Waals surface area contributed by atoms with Crippen molar-refractivity contribution >= 4 is 33.3 Å². The summed E-state index contributed by atoms with van der Waals surface area (Å²) in [5, 5.41) is 9.05. The number of carbonyl (C=O) groups is 1. The molecule has 0 heterocycles. The molecule has 0 saturated heterocycles. The SMILES string of the molecule is CC(=O)c1ccc(Br)c(Cl)c1C#N. The van der Waals surface area contributed by atoms with Crippen LogP contribution in [0.5, 0.6) is 0 Å². The van der Waals surface area contributed by atoms with Crippen molar-refractivity contribution < 1.29 is 4.79 Å². The maximum absolute atomic E-state index is 11.1. The molecule has 1 rings (SSSR count). The minimum Gasteiger partial charge on any atom is -0.294 e. The first-order valence-corrected chi connectivity index (χ1v) is 4.64. The third-order valence-electron chi connectivity index (χ3n) is 1.59. The lowest BCUT2D eigenvalue weighted by atomic mass is 10.1. The van der Waals surface area contributed by atoms with E-state index in [0.29, 0.717) is 10.0 Å². The van der Waals surface area contributed by atoms with Crippen LogP contribution in [0.15, 0.2) is 16.6 Å². The van der Waals surface area contributed by atoms with E-state index < -0.39 is 0 Å². The van der Waals surface area contributed by atoms with Gasteiger partial charge in [0.2, 0.25) is 0 Å². The van der Waals surface area contributed by atoms with Crippen LogP contribution in [0.25, 0.3) is 0 Å². The molecular weight excluding hydrogens is 253 g/mol. The van der Waals surface area contributed by atoms with E-state index in [1.54, 1.807) is 12.1 Å². The molecule has 0 N–H and O–H groups in total. The summed E-state index contributed by atoms with van der Waals surface area (Å²) in [6.07, 6.45) is 0. The van der Waals surface area contributed by atoms with Gasteiger partial charge in [-0.3, -0.25) is 4.79 Å². The summed E-state index contributed by atoms with van der Waals surface area (Å²) < 4.78 is 0.621. The van der Waals surface area contributed by atoms with Crippen molar-refractivity contribution in [2.75, 3.05) is 0 Å². The fraction of sp³-hybridized carbons (Fsp3) is 0.111. The molecule has 66 valence electrons. The number of halogens is 2. The molecule has 0 spiro atoms. The fourth-order valence-corrected chi connectivity index (χ4v) is 1.49. The molecule has 0 bridgehead atoms. The molecule has 1 aromatic carbocycles. The third kappa shape index (κ3) is 1.90. The molecule has 0 fully saturated rings. The van der Waals surface area contributed by atoms with Crippen LogP contribution in [0.4, 0.5) is 0 Å². The molecule has 0 saturated carbocycles. The molecule has 0 atom stereocenters. The number of carbonyl (C=O) groups excluding carboxylic acids is 1. The molecule has 0 amide bonds. The Labute approximate surface area is 89.3 Å². The van der Waals surface area contributed by atoms with Gasteiger partial charge >= 0.3 is 0 Å². The van der Waals surface area contributed by atoms with Crippen molar-refractivity contribution in [3.05, 3.63) is 32.8 Å². The molecule has 1 aromatic rings. The zero-order valence-electron chi connectivity index (χ0n) is 6.77. The van der Waals surface area contributed by atoms with E-state index in [0.717, 1.165) is 0 Å². The second-order valence-corrected chi connectivity index (χ2v) is 3.68. The number of hydrogen-bond acceptors (Lipinski definition) is 2. The number of rotatable bonds is 1. The Morgan fingerprint density at radius 3 is 2.69 bits per heavy atom. The molecule has 4 heteroatoms. The van der Waals surface area contributed by atoms with Crippen LogP contribution in [-0.2, 0) is 0 Å². The summed E-state index contributed by atoms with van der Waals surface area (Å²) in [6, 6.07) is 5.14. The number of nitriles is 1. The normalized spacial score (nSPS) is 9.38. The van der Waals surface area contributed by atoms with Gasteiger partial charge in [-0.05, 0) is 35.0 Å². The topological polar surface area (TPSA) is 40.9 Å². The molecule has 0 unspecified atom stereocenters. The molecular formula is C9H5BrClNO. The number of hydrogen-bond donors (Lipinski definition) is 0. The maximum Gasteiger partial charge on any atom is 0.161 e. The monoisotopic (exact) mass is 257 g/mol. The number of ketones is 1. The van der Waals surface area contributed by atoms with Gasteiger partial charge in [-0.1, -0.05) is 11.6 Å². The summed E-state index contributed by atoms with van der Waals surface area (Å²) in [4.78, 5) is 11.1. The first kappa shape index (κ1) is 10.2. The number of nitrogens with zero attached hydrogens (tertiary/aromatic N) is 1. The van der Waals surface area contributed by atoms with E-state index in [2.05, 4.69) is 15.9 Å². The Balaban J connectivity index is 3.50. The molecule has 0 aliphatic carbocycles. The largest absolute Gasteiger partial charge is 0.294 e. The summed E-state index contributed by atoms with van der Waals surface area (Å²) in [5.41, 5.74) is 0.583. The quantitative estimate of drug-likeness (QED) is 0.726. The van der Waals surface area contributed by atoms with Gasteiger partial charge in [-0.2, -0.15) is 5.26 Å². The average Bonchev–Trinajstić information content (AvgIpc) is 2.09. The minimum absolute atomic E-state index is 0.161. The predicted octanol–water partition coefficient (Wildman–Crippen LogP) is 3.18. The molecule has 0 aliphatic rings. The summed E-state index contributed by atoms with van der Waals surface area (Å²) in [7, 11) is 0. The standard InChI is InChI=1S/C9H5BrClNO/c1-5(13)6-2-3-8(10)9(11)7(6)4-12/h2-3H,1H3. The van der Waals surface area contributed by atoms with Gasteiger partial charge in [0.1, 0.15) is 6.07 Å². The highest BCUT2D eigenvalue weighted by Gasteiger charge is 2.12. The van der Waals surface area contributed by atoms with Gasteiger partial charge in [0.15, 0.2) is 5.78 Å². The van der Waals surface area contributed by atoms with Crippen LogP contribution in [0.1, 0.15) is 22.8 Å². The van der Waals surface area contributed by atoms with Crippen molar-refractivity contribution in [3.8, 4) is 6.07 Å². The second kappa shape index (κ2) is 3.91. The van der Waals surface area contributed by atoms with Gasteiger partial charge < -0.3 is 0 Å². The van der Waals surface area contributed by atoms with E-state index in [4.69, 9.17) is 16.9 Å². The zero-order chi connectivity index (χ0) is 10.0. The highest BCUT2D eigenvalue weighted by molar-refractivity contribution is 9.10. The van der Waals surface area contributed by atoms with Crippen LogP contribution >= 0.6 is 27.5 Å². The first-order chi connectivity index (χ1) is 6.07. The lowest BCUT2D eigenvalue weighted by Gasteiger charge is -2.02. The van der Waals surface area contributed by atoms with Crippen LogP contribution in [-0.4, -0.2) is 5.78 Å². The summed E-state index contributed by atoms with van der Waals surface area (Å²) in [5.74, 6) is -0.161. The average molecular weight is 259 g/mol. The second-order valence-electron chi connectivity index (χ2n) is 2.45. The first-order valence-electron chi connectivity index (χ1n) is 3.47. The maximum atomic E-state index is 11.1. The van der Waals surface area contributed by atoms with Crippen LogP contribution < -0.4 is 0 Å². The van der Waals surface area contributed by atoms with E-state index >= 15 is 0 Å². The van der Waals surface area contributed by atoms with Gasteiger partial charge in [0, 0.05) is 10.0 Å². The van der Waals surface area contributed by atoms with Gasteiger partial charge in [0.05, 0.1) is 10.6 Å². The number of benzene rings is 1. The Hall–Kier alpha value is -0.850. The lowest BCUT2D eigenvalue weighted by Crippen LogP contribution is -1.97. The Morgan fingerprint density at radius 1 is 1.62 bits per heavy atom. The highest BCUT2D eigenvalue weighted by Crippen LogP contribution is 2.28. The predicted molar refractivity (Wildman–Crippen MR) is 53.9 cm³/mol. The van der Waals surface area contributed by atoms with Crippen LogP contribution in [0.3, 0.4) is 0 Å². The fourth-order valence-electron chi connectivity index (χ4n) is 0.953. The molecule has 13 heavy (non-hydrogen) atoms. The van der Waals surface area contributed by atoms with Gasteiger partial charge in [0.25, 0.3) is 0 Å². The van der Waals surface area contributed by atoms with Crippen molar-refractivity contribution in [3.63, 3.8) is 0 Å². The third-order valence-corrected chi connectivity index (χ3v) is 2.87. The van der Waals surface area contributed by atoms with E-state index in [1.807, 2.05) is 6.07 Å². The molecule has 0 aromatic heterocycles. The highest BCUT2D eigenvalue weighted by atomic mass is 79.9. The van der Waals surface area contributed by atoms with Crippen molar-refractivity contribution in [1.82, 2.24) is 0 Å². The summed E-state index contributed by atoms with van der Waals surface area (Å²) >= 11 is 9.00. The Bertz CT molecular complexity index is 409. The van der Waals surface area contributed by atoms with Crippen molar-refractivity contribution in [2.24, 2.45) is 0 Å². The van der Waals surface area contributed by atoms with Crippen LogP contribution in [0.2, 0.25) is 5.02 Å². The molecule has 0 radical (unpaired) electrons.